The lowest BCUT2D eigenvalue weighted by molar-refractivity contribution is -0.121. The van der Waals surface area contributed by atoms with Crippen molar-refractivity contribution in [2.45, 2.75) is 20.4 Å². The molecule has 0 aliphatic carbocycles. The van der Waals surface area contributed by atoms with Gasteiger partial charge in [-0.05, 0) is 32.0 Å². The molecule has 1 amide bonds. The van der Waals surface area contributed by atoms with Gasteiger partial charge in [0.05, 0.1) is 6.33 Å². The van der Waals surface area contributed by atoms with Gasteiger partial charge in [-0.3, -0.25) is 14.2 Å². The minimum atomic E-state index is -0.260. The number of hydrogen-bond donors (Lipinski definition) is 2. The van der Waals surface area contributed by atoms with E-state index in [4.69, 9.17) is 0 Å². The Labute approximate surface area is 155 Å². The highest BCUT2D eigenvalue weighted by molar-refractivity contribution is 5.75. The fraction of sp³-hybridized carbons (Fsp3) is 0.294. The molecule has 0 fully saturated rings. The number of amides is 1. The smallest absolute Gasteiger partial charge is 0.256 e. The molecule has 10 nitrogen and oxygen atoms in total. The number of nitrogens with one attached hydrogen (secondary N) is 2. The van der Waals surface area contributed by atoms with Crippen molar-refractivity contribution in [3.63, 3.8) is 0 Å². The van der Waals surface area contributed by atoms with Crippen LogP contribution < -0.4 is 16.2 Å². The Bertz CT molecular complexity index is 964. The first-order valence-electron chi connectivity index (χ1n) is 8.41. The third-order valence-electron chi connectivity index (χ3n) is 3.97. The normalized spacial score (nSPS) is 10.6. The van der Waals surface area contributed by atoms with Crippen LogP contribution in [0.2, 0.25) is 0 Å². The average molecular weight is 368 g/mol. The summed E-state index contributed by atoms with van der Waals surface area (Å²) in [6.45, 7) is 4.25. The highest BCUT2D eigenvalue weighted by Crippen LogP contribution is 2.04. The first kappa shape index (κ1) is 18.2. The summed E-state index contributed by atoms with van der Waals surface area (Å²) in [5.41, 5.74) is 1.01. The van der Waals surface area contributed by atoms with Crippen LogP contribution in [0.4, 0.5) is 5.82 Å². The number of carbonyl (C=O) groups excluding carboxylic acids is 1. The number of aromatic nitrogens is 6. The van der Waals surface area contributed by atoms with Gasteiger partial charge >= 0.3 is 0 Å². The molecular formula is C17H20N8O2. The quantitative estimate of drug-likeness (QED) is 0.566. The largest absolute Gasteiger partial charge is 0.367 e. The molecule has 0 saturated heterocycles. The zero-order valence-electron chi connectivity index (χ0n) is 15.1. The van der Waals surface area contributed by atoms with Gasteiger partial charge in [-0.1, -0.05) is 0 Å². The summed E-state index contributed by atoms with van der Waals surface area (Å²) in [4.78, 5) is 28.1. The third-order valence-corrected chi connectivity index (χ3v) is 3.97. The Morgan fingerprint density at radius 2 is 2.04 bits per heavy atom. The third kappa shape index (κ3) is 4.54. The summed E-state index contributed by atoms with van der Waals surface area (Å²) in [7, 11) is 0. The molecule has 0 aliphatic heterocycles. The highest BCUT2D eigenvalue weighted by atomic mass is 16.2. The molecule has 2 N–H and O–H groups in total. The van der Waals surface area contributed by atoms with Gasteiger partial charge in [0.15, 0.2) is 5.82 Å². The summed E-state index contributed by atoms with van der Waals surface area (Å²) >= 11 is 0. The predicted octanol–water partition coefficient (Wildman–Crippen LogP) is 0.0641. The molecule has 3 aromatic rings. The molecule has 0 spiro atoms. The van der Waals surface area contributed by atoms with Crippen LogP contribution in [-0.4, -0.2) is 48.5 Å². The van der Waals surface area contributed by atoms with E-state index in [-0.39, 0.29) is 18.0 Å². The SMILES string of the molecule is Cc1ncn(CC(=O)NCCNc2ccc(-n3cccn3)nn2)c(=O)c1C. The fourth-order valence-electron chi connectivity index (χ4n) is 2.34. The summed E-state index contributed by atoms with van der Waals surface area (Å²) in [6.07, 6.45) is 4.83. The molecule has 10 heteroatoms. The average Bonchev–Trinajstić information content (AvgIpc) is 3.21. The van der Waals surface area contributed by atoms with Crippen molar-refractivity contribution in [2.75, 3.05) is 18.4 Å². The molecule has 0 aliphatic rings. The summed E-state index contributed by atoms with van der Waals surface area (Å²) < 4.78 is 2.91. The highest BCUT2D eigenvalue weighted by Gasteiger charge is 2.08. The van der Waals surface area contributed by atoms with E-state index in [2.05, 4.69) is 30.9 Å². The number of rotatable bonds is 7. The Balaban J connectivity index is 1.44. The maximum absolute atomic E-state index is 12.1. The van der Waals surface area contributed by atoms with Crippen molar-refractivity contribution in [2.24, 2.45) is 0 Å². The van der Waals surface area contributed by atoms with Crippen LogP contribution in [0.15, 0.2) is 41.7 Å². The fourth-order valence-corrected chi connectivity index (χ4v) is 2.34. The molecule has 0 atom stereocenters. The van der Waals surface area contributed by atoms with Gasteiger partial charge in [0.25, 0.3) is 5.56 Å². The van der Waals surface area contributed by atoms with Gasteiger partial charge < -0.3 is 10.6 Å². The lowest BCUT2D eigenvalue weighted by Gasteiger charge is -2.09. The Morgan fingerprint density at radius 1 is 1.19 bits per heavy atom. The second-order valence-electron chi connectivity index (χ2n) is 5.89. The summed E-state index contributed by atoms with van der Waals surface area (Å²) in [6, 6.07) is 5.38. The van der Waals surface area contributed by atoms with E-state index in [1.165, 1.54) is 10.9 Å². The molecule has 0 radical (unpaired) electrons. The zero-order valence-corrected chi connectivity index (χ0v) is 15.1. The maximum Gasteiger partial charge on any atom is 0.256 e. The van der Waals surface area contributed by atoms with E-state index in [1.54, 1.807) is 49.1 Å². The number of carbonyl (C=O) groups is 1. The van der Waals surface area contributed by atoms with E-state index in [1.807, 2.05) is 0 Å². The van der Waals surface area contributed by atoms with Crippen LogP contribution in [0.25, 0.3) is 5.82 Å². The topological polar surface area (TPSA) is 120 Å². The van der Waals surface area contributed by atoms with Crippen molar-refractivity contribution in [1.29, 1.82) is 0 Å². The van der Waals surface area contributed by atoms with E-state index in [9.17, 15) is 9.59 Å². The van der Waals surface area contributed by atoms with Crippen LogP contribution >= 0.6 is 0 Å². The van der Waals surface area contributed by atoms with Crippen molar-refractivity contribution >= 4 is 11.7 Å². The molecule has 0 aromatic carbocycles. The molecule has 3 aromatic heterocycles. The standard InChI is InChI=1S/C17H20N8O2/c1-12-13(2)20-11-24(17(12)27)10-16(26)19-8-7-18-14-4-5-15(23-22-14)25-9-3-6-21-25/h3-6,9,11H,7-8,10H2,1-2H3,(H,18,22)(H,19,26). The Morgan fingerprint density at radius 3 is 2.74 bits per heavy atom. The number of aryl methyl sites for hydroxylation is 1. The lowest BCUT2D eigenvalue weighted by atomic mass is 10.3. The Kier molecular flexibility index (Phi) is 5.55. The molecule has 27 heavy (non-hydrogen) atoms. The number of anilines is 1. The first-order valence-corrected chi connectivity index (χ1v) is 8.41. The molecule has 0 saturated carbocycles. The van der Waals surface area contributed by atoms with Gasteiger partial charge in [-0.25, -0.2) is 9.67 Å². The molecule has 3 rings (SSSR count). The van der Waals surface area contributed by atoms with Gasteiger partial charge in [0, 0.05) is 36.7 Å². The molecule has 0 unspecified atom stereocenters. The van der Waals surface area contributed by atoms with Crippen molar-refractivity contribution < 1.29 is 4.79 Å². The van der Waals surface area contributed by atoms with Crippen LogP contribution in [0.5, 0.6) is 0 Å². The summed E-state index contributed by atoms with van der Waals surface area (Å²) in [5.74, 6) is 0.949. The van der Waals surface area contributed by atoms with E-state index in [0.29, 0.717) is 36.0 Å². The van der Waals surface area contributed by atoms with Gasteiger partial charge in [0.2, 0.25) is 5.91 Å². The summed E-state index contributed by atoms with van der Waals surface area (Å²) in [5, 5.41) is 18.0. The molecule has 3 heterocycles. The zero-order chi connectivity index (χ0) is 19.2. The van der Waals surface area contributed by atoms with Crippen LogP contribution in [0.3, 0.4) is 0 Å². The van der Waals surface area contributed by atoms with Gasteiger partial charge in [0.1, 0.15) is 12.4 Å². The number of nitrogens with zero attached hydrogens (tertiary/aromatic N) is 6. The Hall–Kier alpha value is -3.56. The van der Waals surface area contributed by atoms with Crippen LogP contribution in [0, 0.1) is 13.8 Å². The monoisotopic (exact) mass is 368 g/mol. The lowest BCUT2D eigenvalue weighted by Crippen LogP contribution is -2.35. The van der Waals surface area contributed by atoms with Gasteiger partial charge in [-0.2, -0.15) is 5.10 Å². The molecule has 0 bridgehead atoms. The predicted molar refractivity (Wildman–Crippen MR) is 98.6 cm³/mol. The van der Waals surface area contributed by atoms with Crippen molar-refractivity contribution in [3.05, 3.63) is 58.5 Å². The van der Waals surface area contributed by atoms with E-state index in [0.717, 1.165) is 0 Å². The second-order valence-corrected chi connectivity index (χ2v) is 5.89. The number of hydrogen-bond acceptors (Lipinski definition) is 7. The van der Waals surface area contributed by atoms with E-state index >= 15 is 0 Å². The first-order chi connectivity index (χ1) is 13.0. The van der Waals surface area contributed by atoms with E-state index < -0.39 is 0 Å². The van der Waals surface area contributed by atoms with Crippen molar-refractivity contribution in [1.82, 2.24) is 34.8 Å². The van der Waals surface area contributed by atoms with Crippen LogP contribution in [-0.2, 0) is 11.3 Å². The van der Waals surface area contributed by atoms with Gasteiger partial charge in [-0.15, -0.1) is 10.2 Å². The minimum Gasteiger partial charge on any atom is -0.367 e. The van der Waals surface area contributed by atoms with Crippen LogP contribution in [0.1, 0.15) is 11.3 Å². The maximum atomic E-state index is 12.1. The minimum absolute atomic E-state index is 0.0642. The van der Waals surface area contributed by atoms with Crippen molar-refractivity contribution in [3.8, 4) is 5.82 Å². The second kappa shape index (κ2) is 8.21. The molecular weight excluding hydrogens is 348 g/mol. The molecule has 140 valence electrons.